The van der Waals surface area contributed by atoms with Gasteiger partial charge in [0.05, 0.1) is 29.1 Å². The third-order valence-corrected chi connectivity index (χ3v) is 8.00. The van der Waals surface area contributed by atoms with Crippen molar-refractivity contribution in [1.82, 2.24) is 19.1 Å². The number of nitrogens with zero attached hydrogens (tertiary/aromatic N) is 4. The lowest BCUT2D eigenvalue weighted by Gasteiger charge is -2.20. The number of carbonyl (C=O) groups excluding carboxylic acids is 3. The van der Waals surface area contributed by atoms with Gasteiger partial charge in [-0.05, 0) is 66.4 Å². The van der Waals surface area contributed by atoms with Crippen LogP contribution in [0, 0.1) is 0 Å². The van der Waals surface area contributed by atoms with Gasteiger partial charge in [0.1, 0.15) is 18.2 Å². The van der Waals surface area contributed by atoms with E-state index in [0.29, 0.717) is 41.2 Å². The van der Waals surface area contributed by atoms with Gasteiger partial charge in [0.15, 0.2) is 0 Å². The first-order valence-corrected chi connectivity index (χ1v) is 13.3. The Bertz CT molecular complexity index is 1990. The first kappa shape index (κ1) is 25.4. The second-order valence-corrected chi connectivity index (χ2v) is 10.4. The monoisotopic (exact) mass is 560 g/mol. The molecular formula is C31H24N6O5. The number of methoxy groups -OCH3 is 1. The maximum Gasteiger partial charge on any atom is 0.339 e. The lowest BCUT2D eigenvalue weighted by atomic mass is 9.79. The molecule has 0 bridgehead atoms. The molecule has 7 rings (SSSR count). The van der Waals surface area contributed by atoms with Crippen molar-refractivity contribution in [2.45, 2.75) is 24.8 Å². The summed E-state index contributed by atoms with van der Waals surface area (Å²) in [5.74, 6) is -0.0696. The van der Waals surface area contributed by atoms with Gasteiger partial charge in [-0.2, -0.15) is 0 Å². The molecule has 1 aliphatic heterocycles. The van der Waals surface area contributed by atoms with Crippen molar-refractivity contribution in [1.29, 1.82) is 0 Å². The van der Waals surface area contributed by atoms with Gasteiger partial charge < -0.3 is 15.4 Å². The number of anilines is 2. The Kier molecular flexibility index (Phi) is 5.75. The second-order valence-electron chi connectivity index (χ2n) is 10.4. The highest BCUT2D eigenvalue weighted by Gasteiger charge is 2.51. The molecule has 1 spiro atoms. The summed E-state index contributed by atoms with van der Waals surface area (Å²) in [6.45, 7) is -0.227. The molecule has 42 heavy (non-hydrogen) atoms. The number of esters is 1. The first-order chi connectivity index (χ1) is 20.4. The van der Waals surface area contributed by atoms with Crippen LogP contribution < -0.4 is 16.3 Å². The molecule has 11 nitrogen and oxygen atoms in total. The summed E-state index contributed by atoms with van der Waals surface area (Å²) in [7, 11) is 1.28. The number of pyridine rings is 2. The minimum absolute atomic E-state index is 0.0665. The second kappa shape index (κ2) is 9.51. The van der Waals surface area contributed by atoms with Crippen LogP contribution in [0.4, 0.5) is 11.5 Å². The van der Waals surface area contributed by atoms with E-state index in [9.17, 15) is 19.2 Å². The zero-order valence-corrected chi connectivity index (χ0v) is 22.5. The normalized spacial score (nSPS) is 16.7. The van der Waals surface area contributed by atoms with E-state index >= 15 is 0 Å². The highest BCUT2D eigenvalue weighted by Crippen LogP contribution is 2.46. The van der Waals surface area contributed by atoms with Crippen molar-refractivity contribution >= 4 is 40.3 Å². The molecule has 2 aromatic carbocycles. The summed E-state index contributed by atoms with van der Waals surface area (Å²) in [6, 6.07) is 19.6. The zero-order chi connectivity index (χ0) is 29.0. The Morgan fingerprint density at radius 3 is 2.57 bits per heavy atom. The van der Waals surface area contributed by atoms with Crippen molar-refractivity contribution in [2.75, 3.05) is 17.7 Å². The van der Waals surface area contributed by atoms with Crippen molar-refractivity contribution in [3.05, 3.63) is 112 Å². The molecule has 4 heterocycles. The minimum atomic E-state index is -0.702. The van der Waals surface area contributed by atoms with E-state index in [4.69, 9.17) is 4.74 Å². The number of carbonyl (C=O) groups is 3. The van der Waals surface area contributed by atoms with E-state index < -0.39 is 17.1 Å². The molecule has 1 atom stereocenters. The largest absolute Gasteiger partial charge is 0.465 e. The molecule has 1 aliphatic carbocycles. The number of fused-ring (bicyclic) bond motifs is 4. The maximum atomic E-state index is 13.6. The Morgan fingerprint density at radius 1 is 0.976 bits per heavy atom. The van der Waals surface area contributed by atoms with Crippen molar-refractivity contribution in [3.8, 4) is 5.82 Å². The Balaban J connectivity index is 1.14. The average molecular weight is 561 g/mol. The average Bonchev–Trinajstić information content (AvgIpc) is 3.62. The number of imidazole rings is 1. The molecule has 0 fully saturated rings. The predicted octanol–water partition coefficient (Wildman–Crippen LogP) is 3.00. The van der Waals surface area contributed by atoms with Crippen molar-refractivity contribution < 1.29 is 19.1 Å². The van der Waals surface area contributed by atoms with Gasteiger partial charge in [0.2, 0.25) is 11.8 Å². The first-order valence-electron chi connectivity index (χ1n) is 13.3. The molecule has 2 N–H and O–H groups in total. The number of hydrogen-bond donors (Lipinski definition) is 2. The molecule has 3 aromatic heterocycles. The number of benzene rings is 2. The number of ether oxygens (including phenoxy) is 1. The highest BCUT2D eigenvalue weighted by molar-refractivity contribution is 6.06. The van der Waals surface area contributed by atoms with Crippen LogP contribution in [0.1, 0.15) is 27.0 Å². The summed E-state index contributed by atoms with van der Waals surface area (Å²) in [4.78, 5) is 60.2. The van der Waals surface area contributed by atoms with Crippen LogP contribution in [0.5, 0.6) is 0 Å². The number of rotatable bonds is 5. The standard InChI is InChI=1S/C31H24N6O5/c1-42-28(39)19-9-11-25(33-16-19)37-24-7-3-2-6-23(24)36(30(37)41)17-26(38)34-21-10-8-18-14-31(15-20(18)13-21)22-5-4-12-32-27(22)35-29(31)40/h2-13,16H,14-15,17H2,1H3,(H,34,38)(H,32,35,40). The molecule has 0 saturated heterocycles. The van der Waals surface area contributed by atoms with Gasteiger partial charge in [-0.15, -0.1) is 0 Å². The molecule has 208 valence electrons. The summed E-state index contributed by atoms with van der Waals surface area (Å²) >= 11 is 0. The number of amides is 2. The van der Waals surface area contributed by atoms with Crippen LogP contribution in [0.2, 0.25) is 0 Å². The smallest absolute Gasteiger partial charge is 0.339 e. The van der Waals surface area contributed by atoms with E-state index in [1.807, 2.05) is 30.3 Å². The molecule has 0 saturated carbocycles. The van der Waals surface area contributed by atoms with Gasteiger partial charge in [0, 0.05) is 23.6 Å². The van der Waals surface area contributed by atoms with Crippen LogP contribution in [-0.4, -0.2) is 44.0 Å². The fourth-order valence-electron chi connectivity index (χ4n) is 6.03. The van der Waals surface area contributed by atoms with E-state index in [1.54, 1.807) is 36.5 Å². The quantitative estimate of drug-likeness (QED) is 0.315. The molecule has 5 aromatic rings. The third-order valence-electron chi connectivity index (χ3n) is 8.00. The molecular weight excluding hydrogens is 536 g/mol. The van der Waals surface area contributed by atoms with Crippen molar-refractivity contribution in [3.63, 3.8) is 0 Å². The van der Waals surface area contributed by atoms with Crippen LogP contribution in [0.15, 0.2) is 83.9 Å². The Morgan fingerprint density at radius 2 is 1.79 bits per heavy atom. The lowest BCUT2D eigenvalue weighted by molar-refractivity contribution is -0.120. The van der Waals surface area contributed by atoms with Crippen LogP contribution in [0.25, 0.3) is 16.9 Å². The predicted molar refractivity (Wildman–Crippen MR) is 154 cm³/mol. The number of para-hydroxylation sites is 2. The topological polar surface area (TPSA) is 137 Å². The highest BCUT2D eigenvalue weighted by atomic mass is 16.5. The van der Waals surface area contributed by atoms with E-state index in [1.165, 1.54) is 28.5 Å². The van der Waals surface area contributed by atoms with Crippen LogP contribution in [-0.2, 0) is 39.1 Å². The number of hydrogen-bond acceptors (Lipinski definition) is 7. The van der Waals surface area contributed by atoms with Crippen LogP contribution in [0.3, 0.4) is 0 Å². The minimum Gasteiger partial charge on any atom is -0.465 e. The fraction of sp³-hybridized carbons (Fsp3) is 0.161. The zero-order valence-electron chi connectivity index (χ0n) is 22.5. The number of aromatic nitrogens is 4. The van der Waals surface area contributed by atoms with Crippen molar-refractivity contribution in [2.24, 2.45) is 0 Å². The molecule has 1 unspecified atom stereocenters. The Hall–Kier alpha value is -5.58. The van der Waals surface area contributed by atoms with Gasteiger partial charge in [-0.25, -0.2) is 24.1 Å². The number of nitrogens with one attached hydrogen (secondary N) is 2. The third kappa shape index (κ3) is 3.89. The van der Waals surface area contributed by atoms with Gasteiger partial charge in [-0.1, -0.05) is 24.3 Å². The molecule has 0 radical (unpaired) electrons. The van der Waals surface area contributed by atoms with Gasteiger partial charge in [0.25, 0.3) is 0 Å². The van der Waals surface area contributed by atoms with E-state index in [2.05, 4.69) is 20.6 Å². The summed E-state index contributed by atoms with van der Waals surface area (Å²) < 4.78 is 7.51. The molecule has 2 aliphatic rings. The van der Waals surface area contributed by atoms with Gasteiger partial charge in [-0.3, -0.25) is 14.2 Å². The SMILES string of the molecule is COC(=O)c1ccc(-n2c(=O)n(CC(=O)Nc3ccc4c(c3)CC3(C4)C(=O)Nc4ncccc43)c3ccccc32)nc1. The van der Waals surface area contributed by atoms with Crippen LogP contribution >= 0.6 is 0 Å². The molecule has 2 amide bonds. The Labute approximate surface area is 238 Å². The fourth-order valence-corrected chi connectivity index (χ4v) is 6.03. The van der Waals surface area contributed by atoms with Gasteiger partial charge >= 0.3 is 11.7 Å². The van der Waals surface area contributed by atoms with E-state index in [-0.39, 0.29) is 23.9 Å². The summed E-state index contributed by atoms with van der Waals surface area (Å²) in [5, 5.41) is 5.81. The lowest BCUT2D eigenvalue weighted by Crippen LogP contribution is -2.35. The molecule has 11 heteroatoms. The maximum absolute atomic E-state index is 13.6. The summed E-state index contributed by atoms with van der Waals surface area (Å²) in [6.07, 6.45) is 4.07. The van der Waals surface area contributed by atoms with E-state index in [0.717, 1.165) is 16.7 Å². The summed E-state index contributed by atoms with van der Waals surface area (Å²) in [5.41, 5.74) is 3.74.